The zero-order valence-electron chi connectivity index (χ0n) is 7.74. The van der Waals surface area contributed by atoms with Gasteiger partial charge < -0.3 is 9.84 Å². The van der Waals surface area contributed by atoms with E-state index in [1.165, 1.54) is 11.8 Å². The largest absolute Gasteiger partial charge is 0.465 e. The number of aliphatic hydroxyl groups is 1. The van der Waals surface area contributed by atoms with E-state index in [-0.39, 0.29) is 17.3 Å². The molecule has 12 heavy (non-hydrogen) atoms. The summed E-state index contributed by atoms with van der Waals surface area (Å²) in [5.41, 5.74) is 0. The van der Waals surface area contributed by atoms with Crippen molar-refractivity contribution >= 4 is 17.7 Å². The summed E-state index contributed by atoms with van der Waals surface area (Å²) in [6, 6.07) is 0. The van der Waals surface area contributed by atoms with E-state index in [4.69, 9.17) is 9.84 Å². The van der Waals surface area contributed by atoms with Gasteiger partial charge in [0.05, 0.1) is 18.5 Å². The third kappa shape index (κ3) is 5.43. The van der Waals surface area contributed by atoms with Crippen LogP contribution in [0.2, 0.25) is 0 Å². The van der Waals surface area contributed by atoms with Crippen molar-refractivity contribution in [2.45, 2.75) is 32.1 Å². The number of aliphatic hydroxyl groups excluding tert-OH is 1. The lowest BCUT2D eigenvalue weighted by Crippen LogP contribution is -2.18. The van der Waals surface area contributed by atoms with Crippen LogP contribution in [0.1, 0.15) is 20.8 Å². The average Bonchev–Trinajstić information content (AvgIpc) is 2.00. The lowest BCUT2D eigenvalue weighted by molar-refractivity contribution is -0.139. The van der Waals surface area contributed by atoms with Crippen LogP contribution in [0.4, 0.5) is 0 Å². The Bertz CT molecular complexity index is 136. The first-order valence-corrected chi connectivity index (χ1v) is 5.08. The SMILES string of the molecule is CCOC(=O)CSC(C)C(C)O. The quantitative estimate of drug-likeness (QED) is 0.661. The van der Waals surface area contributed by atoms with E-state index in [9.17, 15) is 4.79 Å². The molecule has 0 aromatic rings. The van der Waals surface area contributed by atoms with Crippen molar-refractivity contribution in [3.63, 3.8) is 0 Å². The summed E-state index contributed by atoms with van der Waals surface area (Å²) in [6.07, 6.45) is -0.385. The Morgan fingerprint density at radius 2 is 2.17 bits per heavy atom. The molecule has 0 aliphatic rings. The maximum absolute atomic E-state index is 10.8. The maximum Gasteiger partial charge on any atom is 0.315 e. The van der Waals surface area contributed by atoms with Gasteiger partial charge in [-0.05, 0) is 13.8 Å². The minimum absolute atomic E-state index is 0.0782. The molecule has 0 saturated carbocycles. The number of ether oxygens (including phenoxy) is 1. The highest BCUT2D eigenvalue weighted by Crippen LogP contribution is 2.13. The molecular weight excluding hydrogens is 176 g/mol. The highest BCUT2D eigenvalue weighted by atomic mass is 32.2. The van der Waals surface area contributed by atoms with E-state index < -0.39 is 0 Å². The number of carbonyl (C=O) groups is 1. The first-order chi connectivity index (χ1) is 5.57. The summed E-state index contributed by atoms with van der Waals surface area (Å²) in [5, 5.41) is 9.17. The van der Waals surface area contributed by atoms with Gasteiger partial charge >= 0.3 is 5.97 Å². The second kappa shape index (κ2) is 6.31. The molecule has 0 fully saturated rings. The molecule has 0 aromatic carbocycles. The van der Waals surface area contributed by atoms with Crippen LogP contribution in [-0.2, 0) is 9.53 Å². The second-order valence-corrected chi connectivity index (χ2v) is 3.93. The highest BCUT2D eigenvalue weighted by Gasteiger charge is 2.11. The predicted molar refractivity (Wildman–Crippen MR) is 50.2 cm³/mol. The number of hydrogen-bond acceptors (Lipinski definition) is 4. The molecule has 0 bridgehead atoms. The summed E-state index contributed by atoms with van der Waals surface area (Å²) in [6.45, 7) is 5.79. The van der Waals surface area contributed by atoms with Gasteiger partial charge in [0, 0.05) is 5.25 Å². The van der Waals surface area contributed by atoms with Crippen molar-refractivity contribution in [1.29, 1.82) is 0 Å². The molecule has 1 N–H and O–H groups in total. The van der Waals surface area contributed by atoms with Crippen molar-refractivity contribution in [3.05, 3.63) is 0 Å². The average molecular weight is 192 g/mol. The van der Waals surface area contributed by atoms with Crippen LogP contribution in [-0.4, -0.2) is 34.8 Å². The molecule has 4 heteroatoms. The molecule has 0 aromatic heterocycles. The summed E-state index contributed by atoms with van der Waals surface area (Å²) < 4.78 is 4.73. The molecule has 0 radical (unpaired) electrons. The lowest BCUT2D eigenvalue weighted by Gasteiger charge is -2.12. The van der Waals surface area contributed by atoms with Crippen LogP contribution in [0.25, 0.3) is 0 Å². The number of thioether (sulfide) groups is 1. The van der Waals surface area contributed by atoms with E-state index in [0.29, 0.717) is 12.4 Å². The molecule has 0 amide bonds. The van der Waals surface area contributed by atoms with Crippen LogP contribution in [0.15, 0.2) is 0 Å². The fourth-order valence-corrected chi connectivity index (χ4v) is 1.30. The molecule has 2 unspecified atom stereocenters. The first kappa shape index (κ1) is 11.8. The zero-order valence-corrected chi connectivity index (χ0v) is 8.56. The maximum atomic E-state index is 10.8. The first-order valence-electron chi connectivity index (χ1n) is 4.03. The van der Waals surface area contributed by atoms with Gasteiger partial charge in [0.15, 0.2) is 0 Å². The standard InChI is InChI=1S/C8H16O3S/c1-4-11-8(10)5-12-7(3)6(2)9/h6-7,9H,4-5H2,1-3H3. The van der Waals surface area contributed by atoms with Gasteiger partial charge in [-0.2, -0.15) is 0 Å². The Kier molecular flexibility index (Phi) is 6.20. The fourth-order valence-electron chi connectivity index (χ4n) is 0.541. The number of esters is 1. The van der Waals surface area contributed by atoms with E-state index in [1.807, 2.05) is 6.92 Å². The topological polar surface area (TPSA) is 46.5 Å². The normalized spacial score (nSPS) is 15.3. The van der Waals surface area contributed by atoms with Gasteiger partial charge in [0.2, 0.25) is 0 Å². The van der Waals surface area contributed by atoms with Gasteiger partial charge in [-0.1, -0.05) is 6.92 Å². The van der Waals surface area contributed by atoms with Crippen LogP contribution < -0.4 is 0 Å². The number of hydrogen-bond donors (Lipinski definition) is 1. The van der Waals surface area contributed by atoms with Gasteiger partial charge in [-0.25, -0.2) is 0 Å². The van der Waals surface area contributed by atoms with E-state index in [1.54, 1.807) is 13.8 Å². The van der Waals surface area contributed by atoms with Gasteiger partial charge in [-0.15, -0.1) is 11.8 Å². The minimum atomic E-state index is -0.385. The monoisotopic (exact) mass is 192 g/mol. The van der Waals surface area contributed by atoms with Crippen LogP contribution in [0.5, 0.6) is 0 Å². The van der Waals surface area contributed by atoms with Crippen molar-refractivity contribution in [2.75, 3.05) is 12.4 Å². The second-order valence-electron chi connectivity index (χ2n) is 2.56. The molecule has 0 rings (SSSR count). The summed E-state index contributed by atoms with van der Waals surface area (Å²) in [7, 11) is 0. The van der Waals surface area contributed by atoms with Crippen molar-refractivity contribution in [1.82, 2.24) is 0 Å². The van der Waals surface area contributed by atoms with Crippen molar-refractivity contribution < 1.29 is 14.6 Å². The van der Waals surface area contributed by atoms with E-state index in [0.717, 1.165) is 0 Å². The highest BCUT2D eigenvalue weighted by molar-refractivity contribution is 8.00. The minimum Gasteiger partial charge on any atom is -0.465 e. The van der Waals surface area contributed by atoms with Gasteiger partial charge in [0.1, 0.15) is 0 Å². The van der Waals surface area contributed by atoms with Gasteiger partial charge in [0.25, 0.3) is 0 Å². The smallest absolute Gasteiger partial charge is 0.315 e. The van der Waals surface area contributed by atoms with Crippen molar-refractivity contribution in [2.24, 2.45) is 0 Å². The molecule has 0 heterocycles. The zero-order chi connectivity index (χ0) is 9.56. The molecule has 3 nitrogen and oxygen atoms in total. The number of rotatable bonds is 5. The van der Waals surface area contributed by atoms with E-state index >= 15 is 0 Å². The van der Waals surface area contributed by atoms with Crippen LogP contribution in [0.3, 0.4) is 0 Å². The predicted octanol–water partition coefficient (Wildman–Crippen LogP) is 1.05. The Labute approximate surface area is 77.5 Å². The Balaban J connectivity index is 3.47. The fraction of sp³-hybridized carbons (Fsp3) is 0.875. The Hall–Kier alpha value is -0.220. The molecule has 72 valence electrons. The van der Waals surface area contributed by atoms with Crippen LogP contribution in [0, 0.1) is 0 Å². The third-order valence-electron chi connectivity index (χ3n) is 1.45. The molecule has 0 spiro atoms. The van der Waals surface area contributed by atoms with Crippen LogP contribution >= 0.6 is 11.8 Å². The Morgan fingerprint density at radius 1 is 1.58 bits per heavy atom. The van der Waals surface area contributed by atoms with Crippen molar-refractivity contribution in [3.8, 4) is 0 Å². The lowest BCUT2D eigenvalue weighted by atomic mass is 10.3. The molecule has 2 atom stereocenters. The molecular formula is C8H16O3S. The summed E-state index contributed by atoms with van der Waals surface area (Å²) in [5.74, 6) is 0.106. The third-order valence-corrected chi connectivity index (χ3v) is 2.77. The molecule has 0 aliphatic heterocycles. The molecule has 0 saturated heterocycles. The summed E-state index contributed by atoms with van der Waals surface area (Å²) in [4.78, 5) is 10.8. The molecule has 0 aliphatic carbocycles. The van der Waals surface area contributed by atoms with E-state index in [2.05, 4.69) is 0 Å². The Morgan fingerprint density at radius 3 is 2.58 bits per heavy atom. The van der Waals surface area contributed by atoms with Gasteiger partial charge in [-0.3, -0.25) is 4.79 Å². The summed E-state index contributed by atoms with van der Waals surface area (Å²) >= 11 is 1.41. The number of carbonyl (C=O) groups excluding carboxylic acids is 1.